The van der Waals surface area contributed by atoms with E-state index in [2.05, 4.69) is 21.4 Å². The maximum atomic E-state index is 13.9. The van der Waals surface area contributed by atoms with E-state index in [1.165, 1.54) is 12.1 Å². The fraction of sp³-hybridized carbons (Fsp3) is 0.143. The van der Waals surface area contributed by atoms with E-state index in [4.69, 9.17) is 5.84 Å². The van der Waals surface area contributed by atoms with Gasteiger partial charge in [0.2, 0.25) is 0 Å². The van der Waals surface area contributed by atoms with E-state index in [0.717, 1.165) is 12.1 Å². The van der Waals surface area contributed by atoms with E-state index in [9.17, 15) is 17.6 Å². The predicted octanol–water partition coefficient (Wildman–Crippen LogP) is 3.75. The smallest absolute Gasteiger partial charge is 0.143 e. The van der Waals surface area contributed by atoms with Crippen molar-refractivity contribution in [3.63, 3.8) is 0 Å². The summed E-state index contributed by atoms with van der Waals surface area (Å²) in [5.41, 5.74) is 2.08. The maximum absolute atomic E-state index is 13.9. The predicted molar refractivity (Wildman–Crippen MR) is 74.2 cm³/mol. The first-order chi connectivity index (χ1) is 9.93. The Bertz CT molecular complexity index is 664. The first-order valence-electron chi connectivity index (χ1n) is 5.97. The zero-order valence-corrected chi connectivity index (χ0v) is 12.2. The molecule has 0 aromatic heterocycles. The fourth-order valence-corrected chi connectivity index (χ4v) is 2.37. The third-order valence-electron chi connectivity index (χ3n) is 3.09. The molecule has 0 amide bonds. The second kappa shape index (κ2) is 6.55. The number of benzene rings is 2. The van der Waals surface area contributed by atoms with Gasteiger partial charge < -0.3 is 0 Å². The Morgan fingerprint density at radius 3 is 2.38 bits per heavy atom. The SMILES string of the molecule is NNC(Cc1c(F)ccc(Br)c1F)c1ccc(F)cc1F. The van der Waals surface area contributed by atoms with Crippen molar-refractivity contribution in [3.05, 3.63) is 69.2 Å². The first kappa shape index (κ1) is 15.9. The highest BCUT2D eigenvalue weighted by Gasteiger charge is 2.21. The van der Waals surface area contributed by atoms with E-state index >= 15 is 0 Å². The van der Waals surface area contributed by atoms with Crippen LogP contribution in [0.1, 0.15) is 17.2 Å². The molecule has 2 nitrogen and oxygen atoms in total. The van der Waals surface area contributed by atoms with Crippen LogP contribution in [0.4, 0.5) is 17.6 Å². The standard InChI is InChI=1S/C14H11BrF4N2/c15-10-3-4-11(17)9(14(10)19)6-13(21-20)8-2-1-7(16)5-12(8)18/h1-5,13,21H,6,20H2. The van der Waals surface area contributed by atoms with Crippen LogP contribution in [0.15, 0.2) is 34.8 Å². The molecule has 0 spiro atoms. The molecule has 0 aliphatic rings. The monoisotopic (exact) mass is 362 g/mol. The molecule has 0 saturated carbocycles. The third kappa shape index (κ3) is 3.42. The van der Waals surface area contributed by atoms with Gasteiger partial charge >= 0.3 is 0 Å². The minimum atomic E-state index is -0.899. The fourth-order valence-electron chi connectivity index (χ4n) is 2.00. The first-order valence-corrected chi connectivity index (χ1v) is 6.76. The lowest BCUT2D eigenvalue weighted by Gasteiger charge is -2.18. The highest BCUT2D eigenvalue weighted by molar-refractivity contribution is 9.10. The summed E-state index contributed by atoms with van der Waals surface area (Å²) in [7, 11) is 0. The number of hydrogen-bond acceptors (Lipinski definition) is 2. The quantitative estimate of drug-likeness (QED) is 0.376. The van der Waals surface area contributed by atoms with Gasteiger partial charge in [0.05, 0.1) is 10.5 Å². The van der Waals surface area contributed by atoms with Crippen LogP contribution in [-0.2, 0) is 6.42 Å². The lowest BCUT2D eigenvalue weighted by atomic mass is 9.98. The average molecular weight is 363 g/mol. The molecule has 21 heavy (non-hydrogen) atoms. The molecular weight excluding hydrogens is 352 g/mol. The van der Waals surface area contributed by atoms with E-state index in [1.54, 1.807) is 0 Å². The topological polar surface area (TPSA) is 38.0 Å². The van der Waals surface area contributed by atoms with Crippen molar-refractivity contribution < 1.29 is 17.6 Å². The van der Waals surface area contributed by atoms with Crippen LogP contribution in [0, 0.1) is 23.3 Å². The normalized spacial score (nSPS) is 12.5. The number of hydrogen-bond donors (Lipinski definition) is 2. The van der Waals surface area contributed by atoms with E-state index in [1.807, 2.05) is 0 Å². The Labute approximate surface area is 127 Å². The van der Waals surface area contributed by atoms with Crippen LogP contribution < -0.4 is 11.3 Å². The molecule has 3 N–H and O–H groups in total. The van der Waals surface area contributed by atoms with Crippen molar-refractivity contribution in [2.45, 2.75) is 12.5 Å². The van der Waals surface area contributed by atoms with Gasteiger partial charge in [-0.3, -0.25) is 11.3 Å². The zero-order chi connectivity index (χ0) is 15.6. The molecule has 2 aromatic rings. The zero-order valence-electron chi connectivity index (χ0n) is 10.6. The number of nitrogens with two attached hydrogens (primary N) is 1. The molecule has 0 fully saturated rings. The van der Waals surface area contributed by atoms with E-state index in [0.29, 0.717) is 6.07 Å². The molecule has 1 unspecified atom stereocenters. The van der Waals surface area contributed by atoms with Gasteiger partial charge in [-0.2, -0.15) is 0 Å². The molecule has 0 heterocycles. The minimum absolute atomic E-state index is 0.0256. The summed E-state index contributed by atoms with van der Waals surface area (Å²) in [5.74, 6) is 2.20. The molecule has 7 heteroatoms. The third-order valence-corrected chi connectivity index (χ3v) is 3.70. The van der Waals surface area contributed by atoms with Crippen LogP contribution in [-0.4, -0.2) is 0 Å². The average Bonchev–Trinajstić information content (AvgIpc) is 2.44. The van der Waals surface area contributed by atoms with Crippen LogP contribution >= 0.6 is 15.9 Å². The minimum Gasteiger partial charge on any atom is -0.271 e. The van der Waals surface area contributed by atoms with Gasteiger partial charge in [0.1, 0.15) is 23.3 Å². The lowest BCUT2D eigenvalue weighted by Crippen LogP contribution is -2.30. The molecule has 112 valence electrons. The number of hydrazine groups is 1. The Hall–Kier alpha value is -1.44. The van der Waals surface area contributed by atoms with Crippen molar-refractivity contribution in [1.82, 2.24) is 5.43 Å². The molecule has 0 saturated heterocycles. The summed E-state index contributed by atoms with van der Waals surface area (Å²) in [6.07, 6.45) is -0.226. The molecular formula is C14H11BrF4N2. The summed E-state index contributed by atoms with van der Waals surface area (Å²) in [4.78, 5) is 0. The largest absolute Gasteiger partial charge is 0.271 e. The summed E-state index contributed by atoms with van der Waals surface area (Å²) in [6.45, 7) is 0. The summed E-state index contributed by atoms with van der Waals surface area (Å²) in [6, 6.07) is 4.35. The van der Waals surface area contributed by atoms with Crippen LogP contribution in [0.25, 0.3) is 0 Å². The van der Waals surface area contributed by atoms with Crippen molar-refractivity contribution in [2.24, 2.45) is 5.84 Å². The van der Waals surface area contributed by atoms with Gasteiger partial charge in [-0.1, -0.05) is 6.07 Å². The Balaban J connectivity index is 2.38. The van der Waals surface area contributed by atoms with Gasteiger partial charge in [0, 0.05) is 17.2 Å². The number of halogens is 5. The Morgan fingerprint density at radius 1 is 1.05 bits per heavy atom. The Morgan fingerprint density at radius 2 is 1.76 bits per heavy atom. The van der Waals surface area contributed by atoms with E-state index in [-0.39, 0.29) is 22.0 Å². The van der Waals surface area contributed by atoms with Crippen molar-refractivity contribution in [1.29, 1.82) is 0 Å². The molecule has 0 aliphatic carbocycles. The van der Waals surface area contributed by atoms with E-state index < -0.39 is 29.3 Å². The van der Waals surface area contributed by atoms with Crippen molar-refractivity contribution in [2.75, 3.05) is 0 Å². The summed E-state index contributed by atoms with van der Waals surface area (Å²) < 4.78 is 54.4. The van der Waals surface area contributed by atoms with Gasteiger partial charge in [-0.15, -0.1) is 0 Å². The second-order valence-corrected chi connectivity index (χ2v) is 5.27. The van der Waals surface area contributed by atoms with Gasteiger partial charge in [-0.05, 0) is 40.5 Å². The van der Waals surface area contributed by atoms with Gasteiger partial charge in [-0.25, -0.2) is 17.6 Å². The number of nitrogens with one attached hydrogen (secondary N) is 1. The van der Waals surface area contributed by atoms with Crippen LogP contribution in [0.3, 0.4) is 0 Å². The van der Waals surface area contributed by atoms with Crippen molar-refractivity contribution in [3.8, 4) is 0 Å². The van der Waals surface area contributed by atoms with Gasteiger partial charge in [0.15, 0.2) is 0 Å². The molecule has 0 radical (unpaired) electrons. The molecule has 1 atom stereocenters. The Kier molecular flexibility index (Phi) is 4.97. The second-order valence-electron chi connectivity index (χ2n) is 4.41. The van der Waals surface area contributed by atoms with Gasteiger partial charge in [0.25, 0.3) is 0 Å². The van der Waals surface area contributed by atoms with Crippen LogP contribution in [0.2, 0.25) is 0 Å². The lowest BCUT2D eigenvalue weighted by molar-refractivity contribution is 0.475. The highest BCUT2D eigenvalue weighted by atomic mass is 79.9. The summed E-state index contributed by atoms with van der Waals surface area (Å²) in [5, 5.41) is 0. The summed E-state index contributed by atoms with van der Waals surface area (Å²) >= 11 is 2.96. The highest BCUT2D eigenvalue weighted by Crippen LogP contribution is 2.27. The number of rotatable bonds is 4. The molecule has 2 rings (SSSR count). The van der Waals surface area contributed by atoms with Crippen LogP contribution in [0.5, 0.6) is 0 Å². The molecule has 2 aromatic carbocycles. The molecule has 0 aliphatic heterocycles. The molecule has 0 bridgehead atoms. The van der Waals surface area contributed by atoms with Crippen molar-refractivity contribution >= 4 is 15.9 Å². The maximum Gasteiger partial charge on any atom is 0.143 e.